The van der Waals surface area contributed by atoms with Gasteiger partial charge in [-0.15, -0.1) is 0 Å². The molecule has 3 rings (SSSR count). The van der Waals surface area contributed by atoms with Crippen molar-refractivity contribution in [3.8, 4) is 11.5 Å². The van der Waals surface area contributed by atoms with Gasteiger partial charge < -0.3 is 14.8 Å². The SMILES string of the molecule is CCOc1cc(CNc2cccc(Cl)c2C)cc(I)c1OCc1ccccc1. The van der Waals surface area contributed by atoms with Crippen molar-refractivity contribution in [3.05, 3.63) is 85.9 Å². The number of hydrogen-bond donors (Lipinski definition) is 1. The Balaban J connectivity index is 1.77. The normalized spacial score (nSPS) is 10.6. The minimum atomic E-state index is 0.510. The molecular weight excluding hydrogens is 485 g/mol. The molecule has 0 unspecified atom stereocenters. The quantitative estimate of drug-likeness (QED) is 0.339. The van der Waals surface area contributed by atoms with E-state index in [1.54, 1.807) is 0 Å². The molecule has 1 N–H and O–H groups in total. The van der Waals surface area contributed by atoms with Crippen LogP contribution in [0.25, 0.3) is 0 Å². The number of hydrogen-bond acceptors (Lipinski definition) is 3. The fourth-order valence-corrected chi connectivity index (χ4v) is 3.85. The van der Waals surface area contributed by atoms with Crippen molar-refractivity contribution in [1.29, 1.82) is 0 Å². The summed E-state index contributed by atoms with van der Waals surface area (Å²) >= 11 is 8.52. The third-order valence-corrected chi connectivity index (χ3v) is 5.56. The van der Waals surface area contributed by atoms with Crippen LogP contribution in [0.5, 0.6) is 11.5 Å². The summed E-state index contributed by atoms with van der Waals surface area (Å²) in [5.41, 5.74) is 4.33. The number of anilines is 1. The molecule has 0 heterocycles. The van der Waals surface area contributed by atoms with Gasteiger partial charge in [-0.3, -0.25) is 0 Å². The van der Waals surface area contributed by atoms with Crippen molar-refractivity contribution < 1.29 is 9.47 Å². The molecule has 0 aromatic heterocycles. The minimum absolute atomic E-state index is 0.510. The fraction of sp³-hybridized carbons (Fsp3) is 0.217. The highest BCUT2D eigenvalue weighted by Crippen LogP contribution is 2.35. The number of rotatable bonds is 8. The summed E-state index contributed by atoms with van der Waals surface area (Å²) in [6.07, 6.45) is 0. The Morgan fingerprint density at radius 3 is 2.50 bits per heavy atom. The summed E-state index contributed by atoms with van der Waals surface area (Å²) in [7, 11) is 0. The lowest BCUT2D eigenvalue weighted by atomic mass is 10.1. The first-order chi connectivity index (χ1) is 13.6. The maximum absolute atomic E-state index is 6.22. The van der Waals surface area contributed by atoms with Crippen LogP contribution in [0.1, 0.15) is 23.6 Å². The smallest absolute Gasteiger partial charge is 0.174 e. The maximum Gasteiger partial charge on any atom is 0.174 e. The Bertz CT molecular complexity index is 931. The van der Waals surface area contributed by atoms with Crippen LogP contribution in [0.4, 0.5) is 5.69 Å². The summed E-state index contributed by atoms with van der Waals surface area (Å²) in [6, 6.07) is 20.2. The highest BCUT2D eigenvalue weighted by Gasteiger charge is 2.13. The third-order valence-electron chi connectivity index (χ3n) is 4.35. The zero-order valence-corrected chi connectivity index (χ0v) is 18.9. The summed E-state index contributed by atoms with van der Waals surface area (Å²) in [5, 5.41) is 4.22. The van der Waals surface area contributed by atoms with E-state index in [0.29, 0.717) is 19.8 Å². The zero-order valence-electron chi connectivity index (χ0n) is 16.0. The van der Waals surface area contributed by atoms with E-state index in [4.69, 9.17) is 21.1 Å². The van der Waals surface area contributed by atoms with E-state index in [1.807, 2.05) is 56.3 Å². The molecule has 0 saturated carbocycles. The standard InChI is InChI=1S/C23H23ClINO2/c1-3-27-22-13-18(14-26-21-11-7-10-19(24)16(21)2)12-20(25)23(22)28-15-17-8-5-4-6-9-17/h4-13,26H,3,14-15H2,1-2H3. The predicted octanol–water partition coefficient (Wildman–Crippen LogP) is 6.84. The number of halogens is 2. The van der Waals surface area contributed by atoms with Gasteiger partial charge in [0, 0.05) is 17.3 Å². The second kappa shape index (κ2) is 10.0. The monoisotopic (exact) mass is 507 g/mol. The molecule has 5 heteroatoms. The van der Waals surface area contributed by atoms with Crippen LogP contribution in [0.2, 0.25) is 5.02 Å². The number of benzene rings is 3. The van der Waals surface area contributed by atoms with E-state index >= 15 is 0 Å². The molecule has 3 nitrogen and oxygen atoms in total. The summed E-state index contributed by atoms with van der Waals surface area (Å²) in [5.74, 6) is 1.55. The summed E-state index contributed by atoms with van der Waals surface area (Å²) in [6.45, 7) is 5.77. The third kappa shape index (κ3) is 5.32. The molecule has 146 valence electrons. The van der Waals surface area contributed by atoms with Crippen LogP contribution in [-0.2, 0) is 13.2 Å². The highest BCUT2D eigenvalue weighted by molar-refractivity contribution is 14.1. The zero-order chi connectivity index (χ0) is 19.9. The molecule has 0 atom stereocenters. The Kier molecular flexibility index (Phi) is 7.45. The highest BCUT2D eigenvalue weighted by atomic mass is 127. The van der Waals surface area contributed by atoms with Crippen molar-refractivity contribution in [2.24, 2.45) is 0 Å². The van der Waals surface area contributed by atoms with Crippen molar-refractivity contribution in [1.82, 2.24) is 0 Å². The Labute approximate surface area is 185 Å². The van der Waals surface area contributed by atoms with Gasteiger partial charge in [0.2, 0.25) is 0 Å². The number of ether oxygens (including phenoxy) is 2. The van der Waals surface area contributed by atoms with E-state index in [-0.39, 0.29) is 0 Å². The van der Waals surface area contributed by atoms with E-state index in [1.165, 1.54) is 0 Å². The molecule has 0 amide bonds. The topological polar surface area (TPSA) is 30.5 Å². The van der Waals surface area contributed by atoms with Gasteiger partial charge in [0.25, 0.3) is 0 Å². The van der Waals surface area contributed by atoms with E-state index in [0.717, 1.165) is 42.5 Å². The van der Waals surface area contributed by atoms with E-state index < -0.39 is 0 Å². The van der Waals surface area contributed by atoms with E-state index in [9.17, 15) is 0 Å². The van der Waals surface area contributed by atoms with Crippen molar-refractivity contribution in [2.45, 2.75) is 27.0 Å². The molecule has 28 heavy (non-hydrogen) atoms. The van der Waals surface area contributed by atoms with Crippen LogP contribution >= 0.6 is 34.2 Å². The Morgan fingerprint density at radius 1 is 0.964 bits per heavy atom. The second-order valence-electron chi connectivity index (χ2n) is 6.38. The predicted molar refractivity (Wildman–Crippen MR) is 125 cm³/mol. The molecule has 0 aliphatic carbocycles. The average Bonchev–Trinajstić information content (AvgIpc) is 2.69. The molecular formula is C23H23ClINO2. The minimum Gasteiger partial charge on any atom is -0.490 e. The molecule has 0 bridgehead atoms. The van der Waals surface area contributed by atoms with Gasteiger partial charge in [0.15, 0.2) is 11.5 Å². The largest absolute Gasteiger partial charge is 0.490 e. The van der Waals surface area contributed by atoms with Crippen LogP contribution in [0.15, 0.2) is 60.7 Å². The molecule has 0 saturated heterocycles. The van der Waals surface area contributed by atoms with Gasteiger partial charge in [-0.05, 0) is 77.4 Å². The molecule has 3 aromatic rings. The van der Waals surface area contributed by atoms with Gasteiger partial charge in [-0.25, -0.2) is 0 Å². The van der Waals surface area contributed by atoms with Gasteiger partial charge in [0.1, 0.15) is 6.61 Å². The summed E-state index contributed by atoms with van der Waals surface area (Å²) in [4.78, 5) is 0. The Morgan fingerprint density at radius 2 is 1.75 bits per heavy atom. The van der Waals surface area contributed by atoms with Gasteiger partial charge in [0.05, 0.1) is 10.2 Å². The fourth-order valence-electron chi connectivity index (χ4n) is 2.85. The first kappa shape index (κ1) is 20.8. The van der Waals surface area contributed by atoms with Crippen molar-refractivity contribution >= 4 is 39.9 Å². The maximum atomic E-state index is 6.22. The Hall–Kier alpha value is -1.92. The van der Waals surface area contributed by atoms with Gasteiger partial charge in [-0.1, -0.05) is 48.0 Å². The average molecular weight is 508 g/mol. The van der Waals surface area contributed by atoms with Crippen LogP contribution in [0.3, 0.4) is 0 Å². The van der Waals surface area contributed by atoms with Crippen LogP contribution < -0.4 is 14.8 Å². The van der Waals surface area contributed by atoms with Crippen molar-refractivity contribution in [3.63, 3.8) is 0 Å². The lowest BCUT2D eigenvalue weighted by Gasteiger charge is -2.17. The number of nitrogens with one attached hydrogen (secondary N) is 1. The molecule has 3 aromatic carbocycles. The molecule has 0 aliphatic heterocycles. The molecule has 0 spiro atoms. The van der Waals surface area contributed by atoms with E-state index in [2.05, 4.69) is 46.1 Å². The first-order valence-corrected chi connectivity index (χ1v) is 10.6. The summed E-state index contributed by atoms with van der Waals surface area (Å²) < 4.78 is 13.0. The second-order valence-corrected chi connectivity index (χ2v) is 7.95. The first-order valence-electron chi connectivity index (χ1n) is 9.19. The van der Waals surface area contributed by atoms with Crippen LogP contribution in [0, 0.1) is 10.5 Å². The molecule has 0 radical (unpaired) electrons. The molecule has 0 fully saturated rings. The van der Waals surface area contributed by atoms with Gasteiger partial charge >= 0.3 is 0 Å². The lowest BCUT2D eigenvalue weighted by Crippen LogP contribution is -2.05. The van der Waals surface area contributed by atoms with Crippen LogP contribution in [-0.4, -0.2) is 6.61 Å². The lowest BCUT2D eigenvalue weighted by molar-refractivity contribution is 0.267. The molecule has 0 aliphatic rings. The van der Waals surface area contributed by atoms with Gasteiger partial charge in [-0.2, -0.15) is 0 Å². The van der Waals surface area contributed by atoms with Crippen molar-refractivity contribution in [2.75, 3.05) is 11.9 Å².